The molecular weight excluding hydrogens is 402 g/mol. The van der Waals surface area contributed by atoms with Crippen LogP contribution in [0, 0.1) is 0 Å². The van der Waals surface area contributed by atoms with Crippen LogP contribution in [0.4, 0.5) is 17.1 Å². The molecule has 0 unspecified atom stereocenters. The van der Waals surface area contributed by atoms with Gasteiger partial charge in [-0.3, -0.25) is 9.59 Å². The van der Waals surface area contributed by atoms with Crippen LogP contribution in [-0.4, -0.2) is 18.1 Å². The zero-order chi connectivity index (χ0) is 19.2. The van der Waals surface area contributed by atoms with E-state index in [2.05, 4.69) is 15.4 Å². The van der Waals surface area contributed by atoms with Gasteiger partial charge in [0.25, 0.3) is 11.8 Å². The molecule has 3 aromatic rings. The average Bonchev–Trinajstić information content (AvgIpc) is 3.15. The molecular formula is C19H16ClN3O2S2. The van der Waals surface area contributed by atoms with E-state index in [-0.39, 0.29) is 11.8 Å². The van der Waals surface area contributed by atoms with Crippen molar-refractivity contribution in [2.24, 2.45) is 0 Å². The molecule has 0 radical (unpaired) electrons. The summed E-state index contributed by atoms with van der Waals surface area (Å²) in [4.78, 5) is 25.2. The van der Waals surface area contributed by atoms with Gasteiger partial charge < -0.3 is 15.4 Å². The number of carbonyl (C=O) groups is 2. The predicted octanol–water partition coefficient (Wildman–Crippen LogP) is 5.60. The van der Waals surface area contributed by atoms with Gasteiger partial charge >= 0.3 is 0 Å². The molecule has 2 aromatic carbocycles. The monoisotopic (exact) mass is 417 g/mol. The van der Waals surface area contributed by atoms with E-state index in [9.17, 15) is 9.59 Å². The second-order valence-corrected chi connectivity index (χ2v) is 7.46. The van der Waals surface area contributed by atoms with E-state index in [4.69, 9.17) is 11.6 Å². The van der Waals surface area contributed by atoms with E-state index in [0.717, 1.165) is 5.69 Å². The first-order chi connectivity index (χ1) is 13.0. The van der Waals surface area contributed by atoms with Crippen molar-refractivity contribution in [3.05, 3.63) is 75.4 Å². The Balaban J connectivity index is 1.65. The molecule has 8 heteroatoms. The minimum absolute atomic E-state index is 0.258. The summed E-state index contributed by atoms with van der Waals surface area (Å²) in [5.41, 5.74) is 2.65. The molecule has 0 bridgehead atoms. The molecule has 27 heavy (non-hydrogen) atoms. The van der Waals surface area contributed by atoms with Gasteiger partial charge in [-0.05, 0) is 48.5 Å². The zero-order valence-corrected chi connectivity index (χ0v) is 16.7. The topological polar surface area (TPSA) is 70.2 Å². The molecule has 138 valence electrons. The molecule has 3 rings (SSSR count). The van der Waals surface area contributed by atoms with Crippen LogP contribution in [0.1, 0.15) is 20.0 Å². The van der Waals surface area contributed by atoms with Gasteiger partial charge in [0.15, 0.2) is 0 Å². The number of anilines is 3. The fraction of sp³-hybridized carbons (Fsp3) is 0.0526. The maximum atomic E-state index is 12.4. The van der Waals surface area contributed by atoms with Crippen molar-refractivity contribution in [1.82, 2.24) is 0 Å². The Bertz CT molecular complexity index is 958. The molecule has 5 nitrogen and oxygen atoms in total. The van der Waals surface area contributed by atoms with Crippen molar-refractivity contribution in [3.8, 4) is 0 Å². The quantitative estimate of drug-likeness (QED) is 0.457. The SMILES string of the molecule is CSNc1cccc(NC(=O)c2cc(C(=O)Nc3ccc(Cl)cc3)cs2)c1. The van der Waals surface area contributed by atoms with Crippen LogP contribution in [0.3, 0.4) is 0 Å². The fourth-order valence-electron chi connectivity index (χ4n) is 2.28. The molecule has 0 aliphatic heterocycles. The lowest BCUT2D eigenvalue weighted by molar-refractivity contribution is 0.102. The van der Waals surface area contributed by atoms with Crippen molar-refractivity contribution in [1.29, 1.82) is 0 Å². The largest absolute Gasteiger partial charge is 0.330 e. The first-order valence-corrected chi connectivity index (χ1v) is 10.4. The van der Waals surface area contributed by atoms with Crippen molar-refractivity contribution >= 4 is 63.8 Å². The summed E-state index contributed by atoms with van der Waals surface area (Å²) in [5.74, 6) is -0.536. The van der Waals surface area contributed by atoms with E-state index in [1.54, 1.807) is 35.7 Å². The van der Waals surface area contributed by atoms with Crippen LogP contribution in [0.2, 0.25) is 5.02 Å². The minimum Gasteiger partial charge on any atom is -0.330 e. The molecule has 0 fully saturated rings. The van der Waals surface area contributed by atoms with Gasteiger partial charge in [0.05, 0.1) is 10.4 Å². The number of thiophene rings is 1. The van der Waals surface area contributed by atoms with E-state index >= 15 is 0 Å². The van der Waals surface area contributed by atoms with Crippen LogP contribution >= 0.6 is 34.9 Å². The van der Waals surface area contributed by atoms with E-state index < -0.39 is 0 Å². The van der Waals surface area contributed by atoms with Crippen molar-refractivity contribution in [2.45, 2.75) is 0 Å². The number of carbonyl (C=O) groups excluding carboxylic acids is 2. The lowest BCUT2D eigenvalue weighted by Gasteiger charge is -2.07. The fourth-order valence-corrected chi connectivity index (χ4v) is 3.55. The summed E-state index contributed by atoms with van der Waals surface area (Å²) >= 11 is 8.53. The van der Waals surface area contributed by atoms with Gasteiger partial charge in [-0.15, -0.1) is 11.3 Å². The highest BCUT2D eigenvalue weighted by molar-refractivity contribution is 7.99. The Kier molecular flexibility index (Phi) is 6.39. The van der Waals surface area contributed by atoms with Crippen LogP contribution < -0.4 is 15.4 Å². The number of rotatable bonds is 6. The van der Waals surface area contributed by atoms with Gasteiger partial charge in [-0.1, -0.05) is 29.6 Å². The van der Waals surface area contributed by atoms with E-state index in [1.807, 2.05) is 30.5 Å². The summed E-state index contributed by atoms with van der Waals surface area (Å²) < 4.78 is 3.11. The van der Waals surface area contributed by atoms with Gasteiger partial charge in [-0.25, -0.2) is 0 Å². The highest BCUT2D eigenvalue weighted by Gasteiger charge is 2.14. The standard InChI is InChI=1S/C19H16ClN3O2S2/c1-26-23-16-4-2-3-15(10-16)22-19(25)17-9-12(11-27-17)18(24)21-14-7-5-13(20)6-8-14/h2-11,23H,1H3,(H,21,24)(H,22,25). The second-order valence-electron chi connectivity index (χ2n) is 5.50. The Morgan fingerprint density at radius 2 is 1.63 bits per heavy atom. The Hall–Kier alpha value is -2.48. The Labute approximate surface area is 170 Å². The first-order valence-electron chi connectivity index (χ1n) is 7.91. The minimum atomic E-state index is -0.279. The smallest absolute Gasteiger partial charge is 0.265 e. The van der Waals surface area contributed by atoms with Gasteiger partial charge in [0, 0.05) is 33.7 Å². The van der Waals surface area contributed by atoms with Crippen LogP contribution in [0.25, 0.3) is 0 Å². The predicted molar refractivity (Wildman–Crippen MR) is 115 cm³/mol. The second kappa shape index (κ2) is 8.94. The van der Waals surface area contributed by atoms with Crippen molar-refractivity contribution < 1.29 is 9.59 Å². The third kappa shape index (κ3) is 5.26. The summed E-state index contributed by atoms with van der Waals surface area (Å²) in [6.45, 7) is 0. The van der Waals surface area contributed by atoms with Crippen molar-refractivity contribution in [3.63, 3.8) is 0 Å². The van der Waals surface area contributed by atoms with Crippen LogP contribution in [-0.2, 0) is 0 Å². The highest BCUT2D eigenvalue weighted by atomic mass is 35.5. The third-order valence-corrected chi connectivity index (χ3v) is 5.15. The van der Waals surface area contributed by atoms with Gasteiger partial charge in [0.2, 0.25) is 0 Å². The molecule has 0 aliphatic carbocycles. The zero-order valence-electron chi connectivity index (χ0n) is 14.3. The Morgan fingerprint density at radius 1 is 0.926 bits per heavy atom. The number of hydrogen-bond donors (Lipinski definition) is 3. The lowest BCUT2D eigenvalue weighted by atomic mass is 10.2. The highest BCUT2D eigenvalue weighted by Crippen LogP contribution is 2.21. The van der Waals surface area contributed by atoms with Gasteiger partial charge in [0.1, 0.15) is 0 Å². The maximum absolute atomic E-state index is 12.4. The van der Waals surface area contributed by atoms with Crippen molar-refractivity contribution in [2.75, 3.05) is 21.6 Å². The molecule has 0 spiro atoms. The van der Waals surface area contributed by atoms with E-state index in [1.165, 1.54) is 23.3 Å². The number of hydrogen-bond acceptors (Lipinski definition) is 5. The summed E-state index contributed by atoms with van der Waals surface area (Å²) in [5, 5.41) is 7.87. The first kappa shape index (κ1) is 19.3. The average molecular weight is 418 g/mol. The normalized spacial score (nSPS) is 10.3. The molecule has 0 aliphatic rings. The maximum Gasteiger partial charge on any atom is 0.265 e. The molecule has 0 atom stereocenters. The molecule has 0 saturated heterocycles. The molecule has 0 saturated carbocycles. The number of benzene rings is 2. The number of nitrogens with one attached hydrogen (secondary N) is 3. The van der Waals surface area contributed by atoms with E-state index in [0.29, 0.717) is 26.8 Å². The van der Waals surface area contributed by atoms with Crippen LogP contribution in [0.15, 0.2) is 60.0 Å². The summed E-state index contributed by atoms with van der Waals surface area (Å²) in [6.07, 6.45) is 1.92. The summed E-state index contributed by atoms with van der Waals surface area (Å²) in [7, 11) is 0. The van der Waals surface area contributed by atoms with Crippen LogP contribution in [0.5, 0.6) is 0 Å². The number of amides is 2. The molecule has 3 N–H and O–H groups in total. The molecule has 2 amide bonds. The number of halogens is 1. The molecule has 1 aromatic heterocycles. The lowest BCUT2D eigenvalue weighted by Crippen LogP contribution is -2.12. The van der Waals surface area contributed by atoms with Gasteiger partial charge in [-0.2, -0.15) is 0 Å². The Morgan fingerprint density at radius 3 is 2.37 bits per heavy atom. The third-order valence-electron chi connectivity index (χ3n) is 3.53. The molecule has 1 heterocycles. The summed E-state index contributed by atoms with van der Waals surface area (Å²) in [6, 6.07) is 15.8.